The summed E-state index contributed by atoms with van der Waals surface area (Å²) >= 11 is 5.13. The number of ether oxygens (including phenoxy) is 1. The van der Waals surface area contributed by atoms with Crippen molar-refractivity contribution in [1.82, 2.24) is 4.98 Å². The predicted molar refractivity (Wildman–Crippen MR) is 78.1 cm³/mol. The lowest BCUT2D eigenvalue weighted by atomic mass is 10.1. The minimum absolute atomic E-state index is 0.516. The van der Waals surface area contributed by atoms with E-state index in [9.17, 15) is 0 Å². The van der Waals surface area contributed by atoms with E-state index in [1.165, 1.54) is 5.56 Å². The predicted octanol–water partition coefficient (Wildman–Crippen LogP) is 3.29. The molecule has 3 nitrogen and oxygen atoms in total. The van der Waals surface area contributed by atoms with Crippen LogP contribution in [0.4, 0.5) is 0 Å². The highest BCUT2D eigenvalue weighted by atomic mass is 79.9. The van der Waals surface area contributed by atoms with Crippen molar-refractivity contribution in [3.8, 4) is 5.75 Å². The van der Waals surface area contributed by atoms with Gasteiger partial charge in [-0.05, 0) is 43.7 Å². The van der Waals surface area contributed by atoms with E-state index in [1.807, 2.05) is 30.5 Å². The van der Waals surface area contributed by atoms with Gasteiger partial charge in [-0.1, -0.05) is 15.9 Å². The van der Waals surface area contributed by atoms with Crippen LogP contribution in [0.5, 0.6) is 5.75 Å². The molecule has 1 aromatic heterocycles. The molecule has 5 heteroatoms. The summed E-state index contributed by atoms with van der Waals surface area (Å²) in [5, 5.41) is 3.02. The van der Waals surface area contributed by atoms with Crippen molar-refractivity contribution >= 4 is 27.3 Å². The van der Waals surface area contributed by atoms with Gasteiger partial charge < -0.3 is 10.5 Å². The molecular weight excluding hydrogens is 312 g/mol. The second-order valence-electron chi connectivity index (χ2n) is 3.96. The number of nitrogens with two attached hydrogens (primary N) is 1. The van der Waals surface area contributed by atoms with Crippen LogP contribution in [0.3, 0.4) is 0 Å². The van der Waals surface area contributed by atoms with Crippen molar-refractivity contribution in [3.63, 3.8) is 0 Å². The molecule has 2 N–H and O–H groups in total. The maximum absolute atomic E-state index is 5.73. The molecule has 0 fully saturated rings. The Labute approximate surface area is 119 Å². The molecule has 0 unspecified atom stereocenters. The molecule has 0 saturated heterocycles. The fraction of sp³-hybridized carbons (Fsp3) is 0.308. The zero-order valence-electron chi connectivity index (χ0n) is 10.1. The number of rotatable bonds is 5. The molecule has 0 atom stereocenters. The van der Waals surface area contributed by atoms with Crippen molar-refractivity contribution in [2.45, 2.75) is 20.0 Å². The van der Waals surface area contributed by atoms with Crippen molar-refractivity contribution in [3.05, 3.63) is 44.3 Å². The first kappa shape index (κ1) is 13.5. The molecule has 18 heavy (non-hydrogen) atoms. The number of hydrogen-bond donors (Lipinski definition) is 1. The first-order valence-electron chi connectivity index (χ1n) is 5.71. The number of halogens is 1. The lowest BCUT2D eigenvalue weighted by Gasteiger charge is -2.08. The average Bonchev–Trinajstić information content (AvgIpc) is 2.76. The molecule has 96 valence electrons. The highest BCUT2D eigenvalue weighted by molar-refractivity contribution is 9.10. The topological polar surface area (TPSA) is 48.1 Å². The zero-order valence-corrected chi connectivity index (χ0v) is 12.6. The minimum atomic E-state index is 0.516. The quantitative estimate of drug-likeness (QED) is 0.917. The highest BCUT2D eigenvalue weighted by Crippen LogP contribution is 2.24. The number of nitrogens with zero attached hydrogens (tertiary/aromatic N) is 1. The maximum Gasteiger partial charge on any atom is 0.140 e. The Balaban J connectivity index is 2.03. The van der Waals surface area contributed by atoms with Crippen LogP contribution >= 0.6 is 27.3 Å². The Hall–Kier alpha value is -0.910. The Bertz CT molecular complexity index is 527. The van der Waals surface area contributed by atoms with Gasteiger partial charge in [0.1, 0.15) is 17.4 Å². The first-order valence-corrected chi connectivity index (χ1v) is 7.38. The first-order chi connectivity index (χ1) is 8.69. The van der Waals surface area contributed by atoms with Crippen molar-refractivity contribution in [2.24, 2.45) is 5.73 Å². The maximum atomic E-state index is 5.73. The summed E-state index contributed by atoms with van der Waals surface area (Å²) < 4.78 is 6.81. The normalized spacial score (nSPS) is 10.6. The molecular formula is C13H15BrN2OS. The molecule has 0 saturated carbocycles. The van der Waals surface area contributed by atoms with Crippen LogP contribution in [-0.4, -0.2) is 11.5 Å². The smallest absolute Gasteiger partial charge is 0.140 e. The summed E-state index contributed by atoms with van der Waals surface area (Å²) in [5.41, 5.74) is 7.79. The molecule has 0 aliphatic carbocycles. The van der Waals surface area contributed by atoms with Gasteiger partial charge in [0.05, 0.1) is 0 Å². The second-order valence-corrected chi connectivity index (χ2v) is 5.76. The van der Waals surface area contributed by atoms with Crippen molar-refractivity contribution in [2.75, 3.05) is 6.54 Å². The molecule has 0 aliphatic rings. The van der Waals surface area contributed by atoms with Crippen LogP contribution in [0.2, 0.25) is 0 Å². The Kier molecular flexibility index (Phi) is 4.74. The van der Waals surface area contributed by atoms with Crippen molar-refractivity contribution in [1.29, 1.82) is 0 Å². The molecule has 0 bridgehead atoms. The molecule has 0 amide bonds. The van der Waals surface area contributed by atoms with Gasteiger partial charge in [0, 0.05) is 15.5 Å². The van der Waals surface area contributed by atoms with E-state index < -0.39 is 0 Å². The molecule has 2 aromatic rings. The lowest BCUT2D eigenvalue weighted by Crippen LogP contribution is -2.04. The van der Waals surface area contributed by atoms with E-state index in [1.54, 1.807) is 11.3 Å². The highest BCUT2D eigenvalue weighted by Gasteiger charge is 2.04. The minimum Gasteiger partial charge on any atom is -0.486 e. The van der Waals surface area contributed by atoms with Crippen LogP contribution in [0.15, 0.2) is 28.1 Å². The molecule has 0 radical (unpaired) electrons. The summed E-state index contributed by atoms with van der Waals surface area (Å²) in [6, 6.07) is 5.97. The summed E-state index contributed by atoms with van der Waals surface area (Å²) in [6.45, 7) is 3.13. The van der Waals surface area contributed by atoms with Gasteiger partial charge in [-0.3, -0.25) is 0 Å². The van der Waals surface area contributed by atoms with Gasteiger partial charge in [0.25, 0.3) is 0 Å². The third-order valence-electron chi connectivity index (χ3n) is 2.46. The molecule has 1 heterocycles. The Morgan fingerprint density at radius 2 is 2.28 bits per heavy atom. The third kappa shape index (κ3) is 3.54. The summed E-state index contributed by atoms with van der Waals surface area (Å²) in [4.78, 5) is 4.37. The van der Waals surface area contributed by atoms with E-state index in [4.69, 9.17) is 10.5 Å². The summed E-state index contributed by atoms with van der Waals surface area (Å²) in [7, 11) is 0. The Morgan fingerprint density at radius 1 is 1.44 bits per heavy atom. The summed E-state index contributed by atoms with van der Waals surface area (Å²) in [5.74, 6) is 0.856. The lowest BCUT2D eigenvalue weighted by molar-refractivity contribution is 0.305. The molecule has 1 aromatic carbocycles. The zero-order chi connectivity index (χ0) is 13.0. The third-order valence-corrected chi connectivity index (χ3v) is 4.17. The SMILES string of the molecule is Cc1csc(COc2ccc(Br)c(CCN)c2)n1. The van der Waals surface area contributed by atoms with E-state index in [2.05, 4.69) is 20.9 Å². The van der Waals surface area contributed by atoms with Crippen LogP contribution in [0.1, 0.15) is 16.3 Å². The van der Waals surface area contributed by atoms with Crippen LogP contribution in [0.25, 0.3) is 0 Å². The fourth-order valence-electron chi connectivity index (χ4n) is 1.60. The van der Waals surface area contributed by atoms with E-state index >= 15 is 0 Å². The van der Waals surface area contributed by atoms with Gasteiger partial charge in [-0.2, -0.15) is 0 Å². The van der Waals surface area contributed by atoms with Crippen molar-refractivity contribution < 1.29 is 4.74 Å². The summed E-state index contributed by atoms with van der Waals surface area (Å²) in [6.07, 6.45) is 0.841. The fourth-order valence-corrected chi connectivity index (χ4v) is 2.73. The second kappa shape index (κ2) is 6.31. The number of hydrogen-bond acceptors (Lipinski definition) is 4. The number of thiazole rings is 1. The average molecular weight is 327 g/mol. The monoisotopic (exact) mass is 326 g/mol. The number of benzene rings is 1. The van der Waals surface area contributed by atoms with Gasteiger partial charge in [-0.25, -0.2) is 4.98 Å². The molecule has 0 aliphatic heterocycles. The van der Waals surface area contributed by atoms with Crippen LogP contribution in [0, 0.1) is 6.92 Å². The Morgan fingerprint density at radius 3 is 2.94 bits per heavy atom. The van der Waals surface area contributed by atoms with E-state index in [0.29, 0.717) is 13.2 Å². The van der Waals surface area contributed by atoms with Gasteiger partial charge in [0.15, 0.2) is 0 Å². The van der Waals surface area contributed by atoms with E-state index in [-0.39, 0.29) is 0 Å². The number of aryl methyl sites for hydroxylation is 1. The van der Waals surface area contributed by atoms with Gasteiger partial charge in [-0.15, -0.1) is 11.3 Å². The number of aromatic nitrogens is 1. The van der Waals surface area contributed by atoms with Gasteiger partial charge >= 0.3 is 0 Å². The van der Waals surface area contributed by atoms with E-state index in [0.717, 1.165) is 27.3 Å². The standard InChI is InChI=1S/C13H15BrN2OS/c1-9-8-18-13(16-9)7-17-11-2-3-12(14)10(6-11)4-5-15/h2-3,6,8H,4-5,7,15H2,1H3. The van der Waals surface area contributed by atoms with Crippen LogP contribution < -0.4 is 10.5 Å². The molecule has 0 spiro atoms. The van der Waals surface area contributed by atoms with Gasteiger partial charge in [0.2, 0.25) is 0 Å². The largest absolute Gasteiger partial charge is 0.486 e. The molecule has 2 rings (SSSR count). The van der Waals surface area contributed by atoms with Crippen LogP contribution in [-0.2, 0) is 13.0 Å².